The van der Waals surface area contributed by atoms with E-state index in [2.05, 4.69) is 10.9 Å². The van der Waals surface area contributed by atoms with E-state index in [0.29, 0.717) is 17.7 Å². The van der Waals surface area contributed by atoms with Crippen molar-refractivity contribution in [3.63, 3.8) is 0 Å². The average Bonchev–Trinajstić information content (AvgIpc) is 2.16. The van der Waals surface area contributed by atoms with Gasteiger partial charge in [-0.05, 0) is 17.7 Å². The van der Waals surface area contributed by atoms with Crippen LogP contribution in [0.5, 0.6) is 0 Å². The van der Waals surface area contributed by atoms with Gasteiger partial charge in [0.15, 0.2) is 0 Å². The minimum absolute atomic E-state index is 0.00138. The molecule has 5 heteroatoms. The van der Waals surface area contributed by atoms with Crippen LogP contribution in [0.25, 0.3) is 0 Å². The predicted molar refractivity (Wildman–Crippen MR) is 50.6 cm³/mol. The van der Waals surface area contributed by atoms with Crippen molar-refractivity contribution < 1.29 is 14.7 Å². The predicted octanol–water partition coefficient (Wildman–Crippen LogP) is 0.387. The van der Waals surface area contributed by atoms with Gasteiger partial charge in [0.1, 0.15) is 0 Å². The first-order valence-corrected chi connectivity index (χ1v) is 3.98. The normalized spacial score (nSPS) is 9.14. The third-order valence-corrected chi connectivity index (χ3v) is 1.58. The number of nitrogens with one attached hydrogen (secondary N) is 2. The number of carboxylic acids is 1. The van der Waals surface area contributed by atoms with E-state index in [-0.39, 0.29) is 6.42 Å². The summed E-state index contributed by atoms with van der Waals surface area (Å²) in [4.78, 5) is 20.3. The van der Waals surface area contributed by atoms with Gasteiger partial charge in [-0.15, -0.1) is 0 Å². The van der Waals surface area contributed by atoms with E-state index in [1.807, 2.05) is 0 Å². The highest BCUT2D eigenvalue weighted by Gasteiger charge is 1.99. The van der Waals surface area contributed by atoms with Crippen molar-refractivity contribution in [2.45, 2.75) is 6.42 Å². The Bertz CT molecular complexity index is 321. The Morgan fingerprint density at radius 1 is 1.36 bits per heavy atom. The lowest BCUT2D eigenvalue weighted by Gasteiger charge is -2.04. The van der Waals surface area contributed by atoms with Crippen molar-refractivity contribution in [2.24, 2.45) is 0 Å². The van der Waals surface area contributed by atoms with E-state index in [1.165, 1.54) is 0 Å². The van der Waals surface area contributed by atoms with Gasteiger partial charge in [0, 0.05) is 0 Å². The Kier molecular flexibility index (Phi) is 3.49. The first-order valence-electron chi connectivity index (χ1n) is 3.98. The van der Waals surface area contributed by atoms with E-state index in [4.69, 9.17) is 5.11 Å². The fourth-order valence-corrected chi connectivity index (χ4v) is 0.993. The second-order valence-corrected chi connectivity index (χ2v) is 2.65. The van der Waals surface area contributed by atoms with Crippen LogP contribution in [-0.4, -0.2) is 17.5 Å². The summed E-state index contributed by atoms with van der Waals surface area (Å²) in [5.41, 5.74) is 6.30. The number of rotatable bonds is 5. The molecule has 1 amide bonds. The molecule has 14 heavy (non-hydrogen) atoms. The SMILES string of the molecule is O=CNNc1ccc(CC(=O)O)cc1. The number of hydrazine groups is 1. The molecule has 3 N–H and O–H groups in total. The topological polar surface area (TPSA) is 78.4 Å². The van der Waals surface area contributed by atoms with E-state index in [1.54, 1.807) is 24.3 Å². The van der Waals surface area contributed by atoms with Gasteiger partial charge in [0.2, 0.25) is 6.41 Å². The summed E-state index contributed by atoms with van der Waals surface area (Å²) in [5.74, 6) is -0.864. The number of carbonyl (C=O) groups excluding carboxylic acids is 1. The maximum absolute atomic E-state index is 10.4. The molecule has 0 fully saturated rings. The van der Waals surface area contributed by atoms with Crippen LogP contribution in [0.3, 0.4) is 0 Å². The molecule has 1 rings (SSSR count). The van der Waals surface area contributed by atoms with E-state index in [0.717, 1.165) is 0 Å². The largest absolute Gasteiger partial charge is 0.481 e. The monoisotopic (exact) mass is 194 g/mol. The summed E-state index contributed by atoms with van der Waals surface area (Å²) < 4.78 is 0. The molecule has 0 bridgehead atoms. The lowest BCUT2D eigenvalue weighted by molar-refractivity contribution is -0.136. The molecular formula is C9H10N2O3. The standard InChI is InChI=1S/C9H10N2O3/c12-6-10-11-8-3-1-7(2-4-8)5-9(13)14/h1-4,6,11H,5H2,(H,10,12)(H,13,14). The van der Waals surface area contributed by atoms with Crippen molar-refractivity contribution >= 4 is 18.1 Å². The van der Waals surface area contributed by atoms with Crippen LogP contribution in [0.15, 0.2) is 24.3 Å². The molecule has 0 atom stereocenters. The molecule has 0 radical (unpaired) electrons. The number of anilines is 1. The maximum Gasteiger partial charge on any atom is 0.307 e. The van der Waals surface area contributed by atoms with Crippen molar-refractivity contribution in [1.82, 2.24) is 5.43 Å². The summed E-state index contributed by atoms with van der Waals surface area (Å²) >= 11 is 0. The van der Waals surface area contributed by atoms with Crippen LogP contribution in [0.2, 0.25) is 0 Å². The molecule has 5 nitrogen and oxygen atoms in total. The zero-order valence-corrected chi connectivity index (χ0v) is 7.36. The number of carboxylic acid groups (broad SMARTS) is 1. The van der Waals surface area contributed by atoms with Gasteiger partial charge in [0.05, 0.1) is 12.1 Å². The Morgan fingerprint density at radius 2 is 2.00 bits per heavy atom. The zero-order chi connectivity index (χ0) is 10.4. The first kappa shape index (κ1) is 10.0. The van der Waals surface area contributed by atoms with Gasteiger partial charge >= 0.3 is 5.97 Å². The highest BCUT2D eigenvalue weighted by molar-refractivity contribution is 5.70. The van der Waals surface area contributed by atoms with Crippen LogP contribution in [0.4, 0.5) is 5.69 Å². The number of hydrogen-bond donors (Lipinski definition) is 3. The van der Waals surface area contributed by atoms with E-state index >= 15 is 0 Å². The van der Waals surface area contributed by atoms with Gasteiger partial charge in [-0.1, -0.05) is 12.1 Å². The number of hydrogen-bond acceptors (Lipinski definition) is 3. The summed E-state index contributed by atoms with van der Waals surface area (Å²) in [5, 5.41) is 8.50. The minimum atomic E-state index is -0.864. The van der Waals surface area contributed by atoms with Gasteiger partial charge in [-0.3, -0.25) is 20.4 Å². The number of amides is 1. The number of carbonyl (C=O) groups is 2. The third kappa shape index (κ3) is 3.14. The van der Waals surface area contributed by atoms with Gasteiger partial charge in [0.25, 0.3) is 0 Å². The molecule has 0 aliphatic rings. The first-order chi connectivity index (χ1) is 6.72. The molecule has 1 aromatic rings. The van der Waals surface area contributed by atoms with Crippen LogP contribution >= 0.6 is 0 Å². The van der Waals surface area contributed by atoms with E-state index < -0.39 is 5.97 Å². The van der Waals surface area contributed by atoms with Gasteiger partial charge in [-0.2, -0.15) is 0 Å². The third-order valence-electron chi connectivity index (χ3n) is 1.58. The summed E-state index contributed by atoms with van der Waals surface area (Å²) in [6.07, 6.45) is 0.520. The smallest absolute Gasteiger partial charge is 0.307 e. The lowest BCUT2D eigenvalue weighted by atomic mass is 10.1. The highest BCUT2D eigenvalue weighted by Crippen LogP contribution is 2.08. The van der Waals surface area contributed by atoms with Crippen molar-refractivity contribution in [3.8, 4) is 0 Å². The van der Waals surface area contributed by atoms with Crippen LogP contribution in [-0.2, 0) is 16.0 Å². The number of aliphatic carboxylic acids is 1. The van der Waals surface area contributed by atoms with Gasteiger partial charge in [-0.25, -0.2) is 0 Å². The molecule has 0 heterocycles. The summed E-state index contributed by atoms with van der Waals surface area (Å²) in [6, 6.07) is 6.75. The van der Waals surface area contributed by atoms with Crippen LogP contribution in [0, 0.1) is 0 Å². The Morgan fingerprint density at radius 3 is 2.50 bits per heavy atom. The van der Waals surface area contributed by atoms with Crippen molar-refractivity contribution in [1.29, 1.82) is 0 Å². The van der Waals surface area contributed by atoms with Crippen LogP contribution < -0.4 is 10.9 Å². The molecule has 0 saturated carbocycles. The van der Waals surface area contributed by atoms with Crippen molar-refractivity contribution in [3.05, 3.63) is 29.8 Å². The Balaban J connectivity index is 2.58. The molecule has 0 saturated heterocycles. The number of benzene rings is 1. The molecule has 0 aliphatic heterocycles. The van der Waals surface area contributed by atoms with E-state index in [9.17, 15) is 9.59 Å². The Hall–Kier alpha value is -2.04. The fourth-order valence-electron chi connectivity index (χ4n) is 0.993. The lowest BCUT2D eigenvalue weighted by Crippen LogP contribution is -2.18. The van der Waals surface area contributed by atoms with Crippen LogP contribution in [0.1, 0.15) is 5.56 Å². The summed E-state index contributed by atoms with van der Waals surface area (Å²) in [6.45, 7) is 0. The Labute approximate surface area is 80.7 Å². The molecule has 74 valence electrons. The second kappa shape index (κ2) is 4.86. The molecule has 0 unspecified atom stereocenters. The molecule has 0 spiro atoms. The minimum Gasteiger partial charge on any atom is -0.481 e. The second-order valence-electron chi connectivity index (χ2n) is 2.65. The highest BCUT2D eigenvalue weighted by atomic mass is 16.4. The average molecular weight is 194 g/mol. The summed E-state index contributed by atoms with van der Waals surface area (Å²) in [7, 11) is 0. The molecule has 0 aromatic heterocycles. The van der Waals surface area contributed by atoms with Crippen molar-refractivity contribution in [2.75, 3.05) is 5.43 Å². The maximum atomic E-state index is 10.4. The zero-order valence-electron chi connectivity index (χ0n) is 7.36. The molecule has 1 aromatic carbocycles. The molecular weight excluding hydrogens is 184 g/mol. The molecule has 0 aliphatic carbocycles. The quantitative estimate of drug-likeness (QED) is 0.468. The van der Waals surface area contributed by atoms with Gasteiger partial charge < -0.3 is 5.11 Å². The fraction of sp³-hybridized carbons (Fsp3) is 0.111.